The van der Waals surface area contributed by atoms with E-state index in [4.69, 9.17) is 59.7 Å². The number of carboxylic acid groups (broad SMARTS) is 2. The maximum Gasteiger partial charge on any atom is 0.490 e. The van der Waals surface area contributed by atoms with Gasteiger partial charge < -0.3 is 71.2 Å². The number of aliphatic hydroxyl groups excluding tert-OH is 1. The van der Waals surface area contributed by atoms with Crippen molar-refractivity contribution in [2.45, 2.75) is 154 Å². The number of carbonyl (C=O) groups excluding carboxylic acids is 7. The molecule has 3 amide bonds. The van der Waals surface area contributed by atoms with Crippen LogP contribution in [0.25, 0.3) is 21.1 Å². The van der Waals surface area contributed by atoms with Gasteiger partial charge in [0.15, 0.2) is 18.3 Å². The first-order valence-electron chi connectivity index (χ1n) is 29.8. The van der Waals surface area contributed by atoms with E-state index in [2.05, 4.69) is 25.9 Å². The van der Waals surface area contributed by atoms with Gasteiger partial charge >= 0.3 is 48.2 Å². The SMILES string of the molecule is CNC(=O)[C@@H](NC(=O)[C@H](OCc1ccc(-c2nccs2)cc1)[C@H](OC(=O)CCCOC(=O)[C@@H](N)C(C)C)[C@@H](O)[C@@H](OCc1ccc(-c2nccs2)cc1)C(=O)N[C@H]1c2ccccc2C[C@H]1OC(=O)CCCOC(=O)[C@@H](N)C(C)C)C(C)C.O=C(O)C(F)(F)F.O=C(O)C(F)(F)F. The summed E-state index contributed by atoms with van der Waals surface area (Å²) in [5.74, 6) is -11.7. The lowest BCUT2D eigenvalue weighted by molar-refractivity contribution is -0.193. The lowest BCUT2D eigenvalue weighted by Crippen LogP contribution is -2.60. The number of nitrogens with two attached hydrogens (primary N) is 2. The average molecular weight is 1400 g/mol. The smallest absolute Gasteiger partial charge is 0.475 e. The number of fused-ring (bicyclic) bond motifs is 1. The van der Waals surface area contributed by atoms with Crippen molar-refractivity contribution in [1.82, 2.24) is 25.9 Å². The molecule has 0 bridgehead atoms. The molecule has 0 spiro atoms. The van der Waals surface area contributed by atoms with Crippen LogP contribution in [0.4, 0.5) is 26.3 Å². The van der Waals surface area contributed by atoms with E-state index in [-0.39, 0.29) is 63.9 Å². The highest BCUT2D eigenvalue weighted by Gasteiger charge is 2.47. The van der Waals surface area contributed by atoms with Gasteiger partial charge in [0.2, 0.25) is 5.91 Å². The molecule has 33 heteroatoms. The van der Waals surface area contributed by atoms with E-state index in [0.29, 0.717) is 16.7 Å². The van der Waals surface area contributed by atoms with Crippen LogP contribution < -0.4 is 27.4 Å². The largest absolute Gasteiger partial charge is 0.490 e. The molecule has 6 rings (SSSR count). The number of amides is 3. The molecule has 25 nitrogen and oxygen atoms in total. The fraction of sp³-hybridized carbons (Fsp3) is 0.476. The normalized spacial score (nSPS) is 15.7. The molecule has 1 aliphatic rings. The Hall–Kier alpha value is -8.47. The molecule has 2 heterocycles. The van der Waals surface area contributed by atoms with Crippen LogP contribution in [0.1, 0.15) is 95.5 Å². The molecule has 96 heavy (non-hydrogen) atoms. The molecule has 526 valence electrons. The molecule has 0 aliphatic heterocycles. The van der Waals surface area contributed by atoms with Crippen molar-refractivity contribution in [2.24, 2.45) is 29.2 Å². The van der Waals surface area contributed by atoms with E-state index in [9.17, 15) is 60.2 Å². The number of benzene rings is 3. The number of esters is 4. The summed E-state index contributed by atoms with van der Waals surface area (Å²) in [6.07, 6.45) is -16.2. The van der Waals surface area contributed by atoms with E-state index in [1.54, 1.807) is 96.4 Å². The molecule has 5 aromatic rings. The average Bonchev–Trinajstić information content (AvgIpc) is 1.67. The number of alkyl halides is 6. The number of thiazole rings is 2. The van der Waals surface area contributed by atoms with Crippen LogP contribution in [0.5, 0.6) is 0 Å². The molecule has 1 aliphatic carbocycles. The van der Waals surface area contributed by atoms with Gasteiger partial charge in [-0.25, -0.2) is 19.6 Å². The van der Waals surface area contributed by atoms with Gasteiger partial charge in [-0.15, -0.1) is 22.7 Å². The molecule has 2 aromatic heterocycles. The van der Waals surface area contributed by atoms with E-state index < -0.39 is 133 Å². The Balaban J connectivity index is 0.00000126. The minimum absolute atomic E-state index is 0.0660. The van der Waals surface area contributed by atoms with Gasteiger partial charge in [0.05, 0.1) is 32.5 Å². The highest BCUT2D eigenvalue weighted by atomic mass is 32.1. The number of hydrogen-bond donors (Lipinski definition) is 8. The van der Waals surface area contributed by atoms with E-state index >= 15 is 4.79 Å². The number of aliphatic carboxylic acids is 2. The molecule has 0 saturated heterocycles. The van der Waals surface area contributed by atoms with Crippen LogP contribution in [-0.4, -0.2) is 160 Å². The Kier molecular flexibility index (Phi) is 31.9. The van der Waals surface area contributed by atoms with E-state index in [1.807, 2.05) is 41.1 Å². The Morgan fingerprint density at radius 3 is 1.49 bits per heavy atom. The third-order valence-corrected chi connectivity index (χ3v) is 15.8. The van der Waals surface area contributed by atoms with Crippen LogP contribution in [-0.2, 0) is 91.2 Å². The number of hydrogen-bond acceptors (Lipinski definition) is 22. The number of carboxylic acids is 2. The van der Waals surface area contributed by atoms with Crippen molar-refractivity contribution in [3.63, 3.8) is 0 Å². The number of halogens is 6. The number of rotatable bonds is 31. The summed E-state index contributed by atoms with van der Waals surface area (Å²) in [6, 6.07) is 17.5. The zero-order valence-corrected chi connectivity index (χ0v) is 54.8. The third kappa shape index (κ3) is 25.6. The maximum atomic E-state index is 15.3. The minimum atomic E-state index is -5.08. The van der Waals surface area contributed by atoms with Crippen molar-refractivity contribution in [3.05, 3.63) is 118 Å². The first kappa shape index (κ1) is 80.0. The number of ether oxygens (including phenoxy) is 6. The second-order valence-electron chi connectivity index (χ2n) is 22.4. The molecular formula is C63H77F6N7O18S2. The molecular weight excluding hydrogens is 1320 g/mol. The first-order chi connectivity index (χ1) is 45.1. The minimum Gasteiger partial charge on any atom is -0.475 e. The van der Waals surface area contributed by atoms with Gasteiger partial charge in [0.1, 0.15) is 40.3 Å². The number of aliphatic hydroxyl groups is 1. The second-order valence-corrected chi connectivity index (χ2v) is 24.2. The summed E-state index contributed by atoms with van der Waals surface area (Å²) in [7, 11) is 1.40. The summed E-state index contributed by atoms with van der Waals surface area (Å²) in [5, 5.41) is 40.6. The molecule has 3 aromatic carbocycles. The van der Waals surface area contributed by atoms with E-state index in [1.165, 1.54) is 29.7 Å². The fourth-order valence-electron chi connectivity index (χ4n) is 8.68. The van der Waals surface area contributed by atoms with Crippen LogP contribution in [0.3, 0.4) is 0 Å². The first-order valence-corrected chi connectivity index (χ1v) is 31.5. The highest BCUT2D eigenvalue weighted by molar-refractivity contribution is 7.13. The molecule has 10 N–H and O–H groups in total. The van der Waals surface area contributed by atoms with Gasteiger partial charge in [-0.3, -0.25) is 33.6 Å². The van der Waals surface area contributed by atoms with Gasteiger partial charge in [0.25, 0.3) is 11.8 Å². The van der Waals surface area contributed by atoms with Crippen LogP contribution in [0.15, 0.2) is 96.0 Å². The van der Waals surface area contributed by atoms with Crippen molar-refractivity contribution in [1.29, 1.82) is 0 Å². The lowest BCUT2D eigenvalue weighted by Gasteiger charge is -2.35. The lowest BCUT2D eigenvalue weighted by atomic mass is 9.98. The Bertz CT molecular complexity index is 3300. The highest BCUT2D eigenvalue weighted by Crippen LogP contribution is 2.35. The number of carbonyl (C=O) groups is 9. The Labute approximate surface area is 555 Å². The van der Waals surface area contributed by atoms with Gasteiger partial charge in [0, 0.05) is 60.6 Å². The predicted octanol–water partition coefficient (Wildman–Crippen LogP) is 6.77. The number of aromatic nitrogens is 2. The summed E-state index contributed by atoms with van der Waals surface area (Å²) in [6.45, 7) is 9.58. The predicted molar refractivity (Wildman–Crippen MR) is 333 cm³/mol. The summed E-state index contributed by atoms with van der Waals surface area (Å²) in [5.41, 5.74) is 16.0. The summed E-state index contributed by atoms with van der Waals surface area (Å²) in [4.78, 5) is 123. The topological polar surface area (TPSA) is 384 Å². The molecule has 0 unspecified atom stereocenters. The summed E-state index contributed by atoms with van der Waals surface area (Å²) >= 11 is 2.88. The summed E-state index contributed by atoms with van der Waals surface area (Å²) < 4.78 is 99.0. The van der Waals surface area contributed by atoms with Crippen molar-refractivity contribution in [2.75, 3.05) is 20.3 Å². The number of nitrogens with zero attached hydrogens (tertiary/aromatic N) is 2. The Morgan fingerprint density at radius 2 is 1.07 bits per heavy atom. The zero-order chi connectivity index (χ0) is 71.6. The molecule has 0 radical (unpaired) electrons. The monoisotopic (exact) mass is 1400 g/mol. The van der Waals surface area contributed by atoms with Gasteiger partial charge in [-0.05, 0) is 52.8 Å². The maximum absolute atomic E-state index is 15.3. The number of likely N-dealkylation sites (N-methyl/N-ethyl adjacent to an activating group) is 1. The molecule has 9 atom stereocenters. The van der Waals surface area contributed by atoms with E-state index in [0.717, 1.165) is 26.7 Å². The van der Waals surface area contributed by atoms with Crippen LogP contribution in [0, 0.1) is 17.8 Å². The van der Waals surface area contributed by atoms with Gasteiger partial charge in [-0.2, -0.15) is 26.3 Å². The number of nitrogens with one attached hydrogen (secondary N) is 3. The standard InChI is InChI=1S/C59H75N7O14S2.2C2HF3O2/c1-33(2)45(60)58(73)75-26-10-14-43(67)79-42-30-40-12-8-9-13-41(40)48(42)66-54(71)51(77-31-36-16-20-38(21-17-36)56-63-24-28-81-56)49(69)50(80-44(68)15-11-27-76-59(74)46(61)34(3)4)52(55(72)65-47(35(5)6)53(70)62-7)78-32-37-18-22-39(23-19-37)57-64-25-29-82-57;2*3-2(4,5)1(6)7/h8-9,12-13,16-25,28-29,33-35,42,45-52,69H,10-11,14-15,26-27,30-32,60-61H2,1-7H3,(H,62,70)(H,65,72)(H,66,71);2*(H,6,7)/t42-,45+,46+,47+,48+,49-,50-,51-,52-;;/m1../s1. The second kappa shape index (κ2) is 38.3. The third-order valence-electron chi connectivity index (χ3n) is 14.1. The van der Waals surface area contributed by atoms with Gasteiger partial charge in [-0.1, -0.05) is 114 Å². The molecule has 0 saturated carbocycles. The zero-order valence-electron chi connectivity index (χ0n) is 53.1. The Morgan fingerprint density at radius 1 is 0.625 bits per heavy atom. The van der Waals surface area contributed by atoms with Crippen LogP contribution in [0.2, 0.25) is 0 Å². The van der Waals surface area contributed by atoms with Crippen molar-refractivity contribution >= 4 is 76.2 Å². The van der Waals surface area contributed by atoms with Crippen LogP contribution >= 0.6 is 22.7 Å². The quantitative estimate of drug-likeness (QED) is 0.00981. The van der Waals surface area contributed by atoms with Crippen molar-refractivity contribution in [3.8, 4) is 21.1 Å². The fourth-order valence-corrected chi connectivity index (χ4v) is 9.97. The molecule has 0 fully saturated rings. The van der Waals surface area contributed by atoms with Crippen molar-refractivity contribution < 1.29 is 113 Å².